The topological polar surface area (TPSA) is 97.6 Å². The van der Waals surface area contributed by atoms with Crippen LogP contribution in [0.4, 0.5) is 10.1 Å². The van der Waals surface area contributed by atoms with Crippen LogP contribution in [0.2, 0.25) is 0 Å². The van der Waals surface area contributed by atoms with Crippen molar-refractivity contribution in [2.24, 2.45) is 10.8 Å². The van der Waals surface area contributed by atoms with Gasteiger partial charge in [0, 0.05) is 16.5 Å². The average molecular weight is 430 g/mol. The minimum Gasteiger partial charge on any atom is -0.368 e. The number of hydrogen-bond acceptors (Lipinski definition) is 6. The number of benzene rings is 2. The van der Waals surface area contributed by atoms with Gasteiger partial charge in [-0.25, -0.2) is 4.39 Å². The molecule has 0 spiro atoms. The molecule has 1 aliphatic rings. The third-order valence-corrected chi connectivity index (χ3v) is 4.81. The molecule has 136 valence electrons. The molecule has 1 amide bonds. The van der Waals surface area contributed by atoms with E-state index in [1.807, 2.05) is 24.3 Å². The first-order valence-electron chi connectivity index (χ1n) is 8.03. The lowest BCUT2D eigenvalue weighted by molar-refractivity contribution is -0.119. The zero-order valence-corrected chi connectivity index (χ0v) is 15.4. The van der Waals surface area contributed by atoms with Gasteiger partial charge in [0.05, 0.1) is 5.69 Å². The van der Waals surface area contributed by atoms with Gasteiger partial charge in [-0.1, -0.05) is 33.2 Å². The molecule has 0 saturated carbocycles. The predicted molar refractivity (Wildman–Crippen MR) is 100 cm³/mol. The fourth-order valence-corrected chi connectivity index (χ4v) is 3.25. The highest BCUT2D eigenvalue weighted by Crippen LogP contribution is 2.29. The van der Waals surface area contributed by atoms with E-state index in [0.29, 0.717) is 17.2 Å². The summed E-state index contributed by atoms with van der Waals surface area (Å²) in [6.45, 7) is 0. The van der Waals surface area contributed by atoms with Crippen LogP contribution in [0.1, 0.15) is 12.3 Å². The molecular weight excluding hydrogens is 417 g/mol. The Labute approximate surface area is 161 Å². The van der Waals surface area contributed by atoms with Crippen molar-refractivity contribution in [3.8, 4) is 11.4 Å². The van der Waals surface area contributed by atoms with Gasteiger partial charge >= 0.3 is 0 Å². The molecule has 0 unspecified atom stereocenters. The molecule has 27 heavy (non-hydrogen) atoms. The smallest absolute Gasteiger partial charge is 0.274 e. The van der Waals surface area contributed by atoms with E-state index in [1.165, 1.54) is 29.3 Å². The number of halogens is 2. The van der Waals surface area contributed by atoms with Crippen LogP contribution in [-0.2, 0) is 4.79 Å². The van der Waals surface area contributed by atoms with Gasteiger partial charge in [-0.05, 0) is 36.4 Å². The lowest BCUT2D eigenvalue weighted by Gasteiger charge is -2.20. The Morgan fingerprint density at radius 2 is 1.96 bits per heavy atom. The maximum atomic E-state index is 13.2. The molecule has 1 aliphatic heterocycles. The van der Waals surface area contributed by atoms with Gasteiger partial charge in [-0.2, -0.15) is 10.1 Å². The highest BCUT2D eigenvalue weighted by molar-refractivity contribution is 9.10. The van der Waals surface area contributed by atoms with Gasteiger partial charge in [0.1, 0.15) is 17.6 Å². The number of carbonyl (C=O) groups excluding carboxylic acids is 1. The van der Waals surface area contributed by atoms with Crippen LogP contribution in [0.3, 0.4) is 0 Å². The second-order valence-corrected chi connectivity index (χ2v) is 6.75. The van der Waals surface area contributed by atoms with Crippen molar-refractivity contribution in [1.29, 1.82) is 0 Å². The molecule has 2 N–H and O–H groups in total. The normalized spacial score (nSPS) is 16.4. The van der Waals surface area contributed by atoms with Crippen molar-refractivity contribution < 1.29 is 13.7 Å². The van der Waals surface area contributed by atoms with Gasteiger partial charge in [0.15, 0.2) is 0 Å². The number of nitrogens with zero attached hydrogens (tertiary/aromatic N) is 4. The van der Waals surface area contributed by atoms with Crippen LogP contribution in [-0.4, -0.2) is 27.8 Å². The fourth-order valence-electron chi connectivity index (χ4n) is 2.79. The van der Waals surface area contributed by atoms with E-state index in [4.69, 9.17) is 10.3 Å². The van der Waals surface area contributed by atoms with Crippen LogP contribution in [0.25, 0.3) is 11.4 Å². The molecule has 0 bridgehead atoms. The number of amides is 1. The minimum absolute atomic E-state index is 0.205. The number of rotatable bonds is 4. The number of anilines is 1. The van der Waals surface area contributed by atoms with Crippen LogP contribution < -0.4 is 10.7 Å². The summed E-state index contributed by atoms with van der Waals surface area (Å²) >= 11 is 3.45. The molecule has 4 rings (SSSR count). The molecule has 0 radical (unpaired) electrons. The number of carbonyl (C=O) groups is 1. The monoisotopic (exact) mass is 429 g/mol. The zero-order chi connectivity index (χ0) is 19.0. The Hall–Kier alpha value is -3.07. The summed E-state index contributed by atoms with van der Waals surface area (Å²) in [5, 5.41) is 9.84. The number of primary amides is 1. The first kappa shape index (κ1) is 17.3. The summed E-state index contributed by atoms with van der Waals surface area (Å²) in [4.78, 5) is 16.2. The first-order chi connectivity index (χ1) is 13.0. The second kappa shape index (κ2) is 6.92. The van der Waals surface area contributed by atoms with Crippen molar-refractivity contribution in [1.82, 2.24) is 10.1 Å². The van der Waals surface area contributed by atoms with Crippen molar-refractivity contribution in [2.45, 2.75) is 12.5 Å². The molecular formula is C18H13BrFN5O2. The number of hydrogen-bond donors (Lipinski definition) is 1. The quantitative estimate of drug-likeness (QED) is 0.686. The molecule has 0 aliphatic carbocycles. The molecule has 3 aromatic rings. The van der Waals surface area contributed by atoms with E-state index < -0.39 is 11.9 Å². The maximum Gasteiger partial charge on any atom is 0.274 e. The molecule has 2 aromatic carbocycles. The van der Waals surface area contributed by atoms with Crippen LogP contribution in [0.15, 0.2) is 62.6 Å². The fraction of sp³-hybridized carbons (Fsp3) is 0.111. The van der Waals surface area contributed by atoms with Crippen molar-refractivity contribution >= 4 is 33.2 Å². The Kier molecular flexibility index (Phi) is 4.44. The molecule has 9 heteroatoms. The predicted octanol–water partition coefficient (Wildman–Crippen LogP) is 3.11. The maximum absolute atomic E-state index is 13.2. The van der Waals surface area contributed by atoms with Crippen LogP contribution in [0, 0.1) is 5.82 Å². The molecule has 1 aromatic heterocycles. The lowest BCUT2D eigenvalue weighted by Crippen LogP contribution is -2.39. The number of hydrazone groups is 1. The second-order valence-electron chi connectivity index (χ2n) is 5.89. The summed E-state index contributed by atoms with van der Waals surface area (Å²) in [7, 11) is 0. The van der Waals surface area contributed by atoms with Crippen molar-refractivity contribution in [3.63, 3.8) is 0 Å². The van der Waals surface area contributed by atoms with E-state index in [9.17, 15) is 9.18 Å². The highest BCUT2D eigenvalue weighted by Gasteiger charge is 2.35. The van der Waals surface area contributed by atoms with E-state index >= 15 is 0 Å². The summed E-state index contributed by atoms with van der Waals surface area (Å²) < 4.78 is 19.3. The Morgan fingerprint density at radius 1 is 1.22 bits per heavy atom. The van der Waals surface area contributed by atoms with Crippen LogP contribution >= 0.6 is 15.9 Å². The van der Waals surface area contributed by atoms with Gasteiger partial charge < -0.3 is 10.3 Å². The Bertz CT molecular complexity index is 1030. The molecule has 0 fully saturated rings. The zero-order valence-electron chi connectivity index (χ0n) is 13.8. The van der Waals surface area contributed by atoms with Gasteiger partial charge in [-0.15, -0.1) is 0 Å². The Morgan fingerprint density at radius 3 is 2.67 bits per heavy atom. The number of aromatic nitrogens is 2. The molecule has 1 atom stereocenters. The van der Waals surface area contributed by atoms with E-state index in [1.54, 1.807) is 0 Å². The van der Waals surface area contributed by atoms with E-state index in [-0.39, 0.29) is 18.1 Å². The number of nitrogens with two attached hydrogens (primary N) is 1. The van der Waals surface area contributed by atoms with Crippen molar-refractivity contribution in [3.05, 3.63) is 64.7 Å². The van der Waals surface area contributed by atoms with Crippen molar-refractivity contribution in [2.75, 3.05) is 5.01 Å². The van der Waals surface area contributed by atoms with E-state index in [2.05, 4.69) is 31.2 Å². The lowest BCUT2D eigenvalue weighted by atomic mass is 10.1. The van der Waals surface area contributed by atoms with Gasteiger partial charge in [0.2, 0.25) is 11.7 Å². The first-order valence-corrected chi connectivity index (χ1v) is 8.83. The van der Waals surface area contributed by atoms with Gasteiger partial charge in [-0.3, -0.25) is 9.80 Å². The van der Waals surface area contributed by atoms with Crippen LogP contribution in [0.5, 0.6) is 0 Å². The molecule has 2 heterocycles. The summed E-state index contributed by atoms with van der Waals surface area (Å²) in [5.41, 5.74) is 7.26. The molecule has 7 nitrogen and oxygen atoms in total. The summed E-state index contributed by atoms with van der Waals surface area (Å²) in [6.07, 6.45) is 0.213. The summed E-state index contributed by atoms with van der Waals surface area (Å²) in [5.74, 6) is -0.330. The standard InChI is InChI=1S/C18H13BrFN5O2/c19-13-4-2-1-3-12(13)17-22-18(27-24-17)14-9-15(16(21)26)25(23-14)11-7-5-10(20)6-8-11/h1-8,15H,9H2,(H2,21,26)/t15-/m0/s1. The third-order valence-electron chi connectivity index (χ3n) is 4.12. The van der Waals surface area contributed by atoms with Gasteiger partial charge in [0.25, 0.3) is 5.89 Å². The average Bonchev–Trinajstić information content (AvgIpc) is 3.30. The Balaban J connectivity index is 1.68. The minimum atomic E-state index is -0.718. The highest BCUT2D eigenvalue weighted by atomic mass is 79.9. The third kappa shape index (κ3) is 3.33. The summed E-state index contributed by atoms with van der Waals surface area (Å²) in [6, 6.07) is 12.4. The SMILES string of the molecule is NC(=O)[C@@H]1CC(c2nc(-c3ccccc3Br)no2)=NN1c1ccc(F)cc1. The molecule has 0 saturated heterocycles. The largest absolute Gasteiger partial charge is 0.368 e. The van der Waals surface area contributed by atoms with E-state index in [0.717, 1.165) is 10.0 Å².